The number of nitrogens with zero attached hydrogens (tertiary/aromatic N) is 4. The van der Waals surface area contributed by atoms with Gasteiger partial charge in [0.05, 0.1) is 18.1 Å². The second-order valence-electron chi connectivity index (χ2n) is 5.35. The normalized spacial score (nSPS) is 19.6. The zero-order valence-corrected chi connectivity index (χ0v) is 13.2. The van der Waals surface area contributed by atoms with Gasteiger partial charge in [0.1, 0.15) is 5.56 Å². The van der Waals surface area contributed by atoms with E-state index in [4.69, 9.17) is 0 Å². The first-order valence-electron chi connectivity index (χ1n) is 6.91. The molecule has 3 heterocycles. The summed E-state index contributed by atoms with van der Waals surface area (Å²) in [6, 6.07) is 1.82. The minimum atomic E-state index is -3.18. The minimum absolute atomic E-state index is 0.0395. The molecule has 0 saturated carbocycles. The number of sulfonamides is 1. The molecule has 8 nitrogen and oxygen atoms in total. The van der Waals surface area contributed by atoms with E-state index in [0.29, 0.717) is 24.3 Å². The number of carbonyl (C=O) groups excluding carboxylic acids is 1. The summed E-state index contributed by atoms with van der Waals surface area (Å²) < 4.78 is 26.4. The maximum absolute atomic E-state index is 11.8. The molecule has 0 aliphatic carbocycles. The van der Waals surface area contributed by atoms with Gasteiger partial charge in [-0.05, 0) is 12.5 Å². The first-order valence-corrected chi connectivity index (χ1v) is 8.76. The highest BCUT2D eigenvalue weighted by atomic mass is 32.2. The molecule has 118 valence electrons. The lowest BCUT2D eigenvalue weighted by Gasteiger charge is -2.14. The average Bonchev–Trinajstić information content (AvgIpc) is 3.12. The summed E-state index contributed by atoms with van der Waals surface area (Å²) in [5.41, 5.74) is 1.75. The molecule has 0 spiro atoms. The third kappa shape index (κ3) is 2.46. The van der Waals surface area contributed by atoms with Crippen LogP contribution in [0.25, 0.3) is 5.65 Å². The molecular weight excluding hydrogens is 306 g/mol. The van der Waals surface area contributed by atoms with Gasteiger partial charge in [0.15, 0.2) is 5.65 Å². The zero-order valence-electron chi connectivity index (χ0n) is 12.4. The number of fused-ring (bicyclic) bond motifs is 1. The molecule has 0 aromatic carbocycles. The molecule has 1 fully saturated rings. The van der Waals surface area contributed by atoms with Crippen molar-refractivity contribution in [1.29, 1.82) is 0 Å². The molecule has 3 rings (SSSR count). The molecule has 1 atom stereocenters. The van der Waals surface area contributed by atoms with Gasteiger partial charge in [0.25, 0.3) is 5.91 Å². The number of amides is 1. The van der Waals surface area contributed by atoms with Crippen LogP contribution >= 0.6 is 0 Å². The maximum atomic E-state index is 11.8. The van der Waals surface area contributed by atoms with Crippen molar-refractivity contribution in [1.82, 2.24) is 24.2 Å². The Bertz CT molecular complexity index is 829. The van der Waals surface area contributed by atoms with E-state index in [0.717, 1.165) is 12.1 Å². The highest BCUT2D eigenvalue weighted by Crippen LogP contribution is 2.28. The van der Waals surface area contributed by atoms with E-state index >= 15 is 0 Å². The number of carbonyl (C=O) groups is 1. The maximum Gasteiger partial charge on any atom is 0.256 e. The van der Waals surface area contributed by atoms with Crippen LogP contribution in [0.3, 0.4) is 0 Å². The Labute approximate surface area is 128 Å². The lowest BCUT2D eigenvalue weighted by molar-refractivity contribution is 0.0964. The van der Waals surface area contributed by atoms with Crippen LogP contribution in [0.15, 0.2) is 18.5 Å². The SMILES string of the molecule is CNC(=O)c1cnn2c([C@H]3CCN(S(C)(=O)=O)C3)ccnc12. The standard InChI is InChI=1S/C13H17N5O3S/c1-14-13(19)10-7-16-18-11(3-5-15-12(10)18)9-4-6-17(8-9)22(2,20)21/h3,5,7,9H,4,6,8H2,1-2H3,(H,14,19)/t9-/m0/s1. The predicted octanol–water partition coefficient (Wildman–Crippen LogP) is -0.162. The van der Waals surface area contributed by atoms with E-state index in [2.05, 4.69) is 15.4 Å². The van der Waals surface area contributed by atoms with Crippen molar-refractivity contribution in [3.8, 4) is 0 Å². The van der Waals surface area contributed by atoms with Crippen LogP contribution in [0.1, 0.15) is 28.4 Å². The van der Waals surface area contributed by atoms with Crippen LogP contribution in [-0.2, 0) is 10.0 Å². The highest BCUT2D eigenvalue weighted by molar-refractivity contribution is 7.88. The first kappa shape index (κ1) is 14.9. The van der Waals surface area contributed by atoms with Gasteiger partial charge in [-0.25, -0.2) is 22.2 Å². The molecule has 9 heteroatoms. The average molecular weight is 323 g/mol. The second kappa shape index (κ2) is 5.33. The Morgan fingerprint density at radius 2 is 2.23 bits per heavy atom. The predicted molar refractivity (Wildman–Crippen MR) is 80.2 cm³/mol. The summed E-state index contributed by atoms with van der Waals surface area (Å²) in [7, 11) is -1.63. The Hall–Kier alpha value is -2.00. The number of aromatic nitrogens is 3. The summed E-state index contributed by atoms with van der Waals surface area (Å²) in [6.45, 7) is 0.921. The van der Waals surface area contributed by atoms with E-state index in [1.165, 1.54) is 16.8 Å². The van der Waals surface area contributed by atoms with Crippen molar-refractivity contribution in [3.05, 3.63) is 29.7 Å². The Morgan fingerprint density at radius 3 is 2.86 bits per heavy atom. The first-order chi connectivity index (χ1) is 10.4. The van der Waals surface area contributed by atoms with Crippen molar-refractivity contribution >= 4 is 21.6 Å². The lowest BCUT2D eigenvalue weighted by atomic mass is 10.0. The smallest absolute Gasteiger partial charge is 0.256 e. The topological polar surface area (TPSA) is 96.7 Å². The number of hydrogen-bond donors (Lipinski definition) is 1. The van der Waals surface area contributed by atoms with Crippen molar-refractivity contribution in [3.63, 3.8) is 0 Å². The Morgan fingerprint density at radius 1 is 1.45 bits per heavy atom. The van der Waals surface area contributed by atoms with Crippen molar-refractivity contribution < 1.29 is 13.2 Å². The molecule has 0 unspecified atom stereocenters. The zero-order chi connectivity index (χ0) is 15.9. The minimum Gasteiger partial charge on any atom is -0.355 e. The molecule has 2 aromatic rings. The fourth-order valence-corrected chi connectivity index (χ4v) is 3.67. The van der Waals surface area contributed by atoms with E-state index in [1.54, 1.807) is 17.8 Å². The van der Waals surface area contributed by atoms with Crippen LogP contribution < -0.4 is 5.32 Å². The molecule has 1 N–H and O–H groups in total. The van der Waals surface area contributed by atoms with Gasteiger partial charge >= 0.3 is 0 Å². The molecule has 1 amide bonds. The summed E-state index contributed by atoms with van der Waals surface area (Å²) in [5, 5.41) is 6.80. The van der Waals surface area contributed by atoms with Crippen LogP contribution in [0, 0.1) is 0 Å². The fourth-order valence-electron chi connectivity index (χ4n) is 2.78. The van der Waals surface area contributed by atoms with Gasteiger partial charge in [-0.2, -0.15) is 5.10 Å². The molecule has 2 aromatic heterocycles. The van der Waals surface area contributed by atoms with Crippen LogP contribution in [-0.4, -0.2) is 59.6 Å². The largest absolute Gasteiger partial charge is 0.355 e. The van der Waals surface area contributed by atoms with E-state index in [1.807, 2.05) is 6.07 Å². The van der Waals surface area contributed by atoms with Gasteiger partial charge in [0.2, 0.25) is 10.0 Å². The van der Waals surface area contributed by atoms with E-state index < -0.39 is 10.0 Å². The molecule has 0 bridgehead atoms. The number of rotatable bonds is 3. The summed E-state index contributed by atoms with van der Waals surface area (Å²) in [6.07, 6.45) is 5.05. The van der Waals surface area contributed by atoms with Crippen molar-refractivity contribution in [2.45, 2.75) is 12.3 Å². The van der Waals surface area contributed by atoms with Gasteiger partial charge in [-0.1, -0.05) is 0 Å². The van der Waals surface area contributed by atoms with Gasteiger partial charge in [-0.15, -0.1) is 0 Å². The lowest BCUT2D eigenvalue weighted by Crippen LogP contribution is -2.27. The molecule has 22 heavy (non-hydrogen) atoms. The third-order valence-electron chi connectivity index (χ3n) is 3.94. The number of nitrogens with one attached hydrogen (secondary N) is 1. The molecular formula is C13H17N5O3S. The fraction of sp³-hybridized carbons (Fsp3) is 0.462. The van der Waals surface area contributed by atoms with Gasteiger partial charge < -0.3 is 5.32 Å². The highest BCUT2D eigenvalue weighted by Gasteiger charge is 2.31. The molecule has 1 saturated heterocycles. The van der Waals surface area contributed by atoms with Crippen molar-refractivity contribution in [2.75, 3.05) is 26.4 Å². The number of hydrogen-bond acceptors (Lipinski definition) is 5. The molecule has 1 aliphatic rings. The van der Waals surface area contributed by atoms with Crippen LogP contribution in [0.2, 0.25) is 0 Å². The monoisotopic (exact) mass is 323 g/mol. The molecule has 0 radical (unpaired) electrons. The van der Waals surface area contributed by atoms with Gasteiger partial charge in [-0.3, -0.25) is 4.79 Å². The van der Waals surface area contributed by atoms with E-state index in [9.17, 15) is 13.2 Å². The van der Waals surface area contributed by atoms with E-state index in [-0.39, 0.29) is 11.8 Å². The summed E-state index contributed by atoms with van der Waals surface area (Å²) in [4.78, 5) is 16.0. The Kier molecular flexibility index (Phi) is 3.61. The van der Waals surface area contributed by atoms with Crippen molar-refractivity contribution in [2.24, 2.45) is 0 Å². The summed E-state index contributed by atoms with van der Waals surface area (Å²) in [5.74, 6) is -0.207. The van der Waals surface area contributed by atoms with Gasteiger partial charge in [0, 0.05) is 32.3 Å². The Balaban J connectivity index is 1.99. The third-order valence-corrected chi connectivity index (χ3v) is 5.21. The van der Waals surface area contributed by atoms with Crippen LogP contribution in [0.5, 0.6) is 0 Å². The van der Waals surface area contributed by atoms with Crippen LogP contribution in [0.4, 0.5) is 0 Å². The second-order valence-corrected chi connectivity index (χ2v) is 7.33. The molecule has 1 aliphatic heterocycles. The summed E-state index contributed by atoms with van der Waals surface area (Å²) >= 11 is 0. The quantitative estimate of drug-likeness (QED) is 0.846.